The highest BCUT2D eigenvalue weighted by molar-refractivity contribution is 7.22. The molecule has 1 amide bonds. The number of carbonyl (C=O) groups is 1. The number of rotatable bonds is 4. The molecule has 0 spiro atoms. The molecule has 2 aromatic rings. The molecule has 1 aliphatic heterocycles. The van der Waals surface area contributed by atoms with Crippen LogP contribution in [-0.4, -0.2) is 29.8 Å². The average molecular weight is 382 g/mol. The number of benzene rings is 1. The number of hydrogen-bond acceptors (Lipinski definition) is 5. The number of alkyl halides is 3. The van der Waals surface area contributed by atoms with Crippen molar-refractivity contribution < 1.29 is 22.7 Å². The first-order valence-electron chi connectivity index (χ1n) is 7.09. The quantitative estimate of drug-likeness (QED) is 0.847. The molecule has 1 unspecified atom stereocenters. The molecule has 1 fully saturated rings. The number of ether oxygens (including phenoxy) is 1. The third-order valence-corrected chi connectivity index (χ3v) is 4.37. The van der Waals surface area contributed by atoms with Crippen molar-refractivity contribution in [3.63, 3.8) is 0 Å². The molecule has 10 heteroatoms. The lowest BCUT2D eigenvalue weighted by Crippen LogP contribution is -2.27. The van der Waals surface area contributed by atoms with Crippen LogP contribution in [0.5, 0.6) is 5.75 Å². The molecule has 5 nitrogen and oxygen atoms in total. The summed E-state index contributed by atoms with van der Waals surface area (Å²) in [6.07, 6.45) is -2.35. The Kier molecular flexibility index (Phi) is 5.89. The molecule has 24 heavy (non-hydrogen) atoms. The van der Waals surface area contributed by atoms with Crippen LogP contribution in [-0.2, 0) is 4.79 Å². The van der Waals surface area contributed by atoms with Gasteiger partial charge in [-0.15, -0.1) is 25.6 Å². The maximum Gasteiger partial charge on any atom is 0.573 e. The average Bonchev–Trinajstić information content (AvgIpc) is 3.05. The molecule has 2 heterocycles. The van der Waals surface area contributed by atoms with E-state index in [1.807, 2.05) is 0 Å². The number of thiazole rings is 1. The SMILES string of the molecule is Cl.O=C(CC1CCCN1)Nc1nc2ccc(OC(F)(F)F)cc2s1. The molecule has 2 N–H and O–H groups in total. The van der Waals surface area contributed by atoms with Crippen molar-refractivity contribution in [1.82, 2.24) is 10.3 Å². The van der Waals surface area contributed by atoms with Crippen LogP contribution in [0.4, 0.5) is 18.3 Å². The molecule has 0 aliphatic carbocycles. The first-order valence-corrected chi connectivity index (χ1v) is 7.90. The smallest absolute Gasteiger partial charge is 0.406 e. The second-order valence-corrected chi connectivity index (χ2v) is 6.27. The van der Waals surface area contributed by atoms with Crippen molar-refractivity contribution in [2.24, 2.45) is 0 Å². The maximum absolute atomic E-state index is 12.2. The Morgan fingerprint density at radius 3 is 2.92 bits per heavy atom. The third-order valence-electron chi connectivity index (χ3n) is 3.43. The Balaban J connectivity index is 0.00000208. The molecule has 1 saturated heterocycles. The van der Waals surface area contributed by atoms with Crippen LogP contribution in [0.25, 0.3) is 10.2 Å². The monoisotopic (exact) mass is 381 g/mol. The van der Waals surface area contributed by atoms with Crippen LogP contribution in [0.15, 0.2) is 18.2 Å². The van der Waals surface area contributed by atoms with Crippen LogP contribution in [0.1, 0.15) is 19.3 Å². The summed E-state index contributed by atoms with van der Waals surface area (Å²) in [5.74, 6) is -0.461. The Bertz CT molecular complexity index is 717. The second-order valence-electron chi connectivity index (χ2n) is 5.24. The first-order chi connectivity index (χ1) is 10.9. The lowest BCUT2D eigenvalue weighted by Gasteiger charge is -2.08. The maximum atomic E-state index is 12.2. The van der Waals surface area contributed by atoms with E-state index in [4.69, 9.17) is 0 Å². The van der Waals surface area contributed by atoms with Gasteiger partial charge in [0.15, 0.2) is 5.13 Å². The molecule has 1 aliphatic rings. The van der Waals surface area contributed by atoms with Crippen LogP contribution < -0.4 is 15.4 Å². The standard InChI is InChI=1S/C14H14F3N3O2S.ClH/c15-14(16,17)22-9-3-4-10-11(7-9)23-13(19-10)20-12(21)6-8-2-1-5-18-8;/h3-4,7-8,18H,1-2,5-6H2,(H,19,20,21);1H. The van der Waals surface area contributed by atoms with Crippen molar-refractivity contribution in [3.05, 3.63) is 18.2 Å². The van der Waals surface area contributed by atoms with Gasteiger partial charge >= 0.3 is 6.36 Å². The van der Waals surface area contributed by atoms with E-state index in [-0.39, 0.29) is 30.1 Å². The number of nitrogens with one attached hydrogen (secondary N) is 2. The van der Waals surface area contributed by atoms with Crippen LogP contribution in [0, 0.1) is 0 Å². The summed E-state index contributed by atoms with van der Waals surface area (Å²) in [5, 5.41) is 6.29. The zero-order valence-electron chi connectivity index (χ0n) is 12.4. The Morgan fingerprint density at radius 1 is 1.46 bits per heavy atom. The van der Waals surface area contributed by atoms with E-state index < -0.39 is 6.36 Å². The minimum Gasteiger partial charge on any atom is -0.406 e. The van der Waals surface area contributed by atoms with E-state index in [9.17, 15) is 18.0 Å². The molecular weight excluding hydrogens is 367 g/mol. The summed E-state index contributed by atoms with van der Waals surface area (Å²) < 4.78 is 41.0. The number of halogens is 4. The lowest BCUT2D eigenvalue weighted by atomic mass is 10.1. The third kappa shape index (κ3) is 4.96. The number of fused-ring (bicyclic) bond motifs is 1. The molecule has 1 aromatic heterocycles. The second kappa shape index (κ2) is 7.54. The number of nitrogens with zero attached hydrogens (tertiary/aromatic N) is 1. The number of amides is 1. The van der Waals surface area contributed by atoms with Gasteiger partial charge in [-0.3, -0.25) is 4.79 Å². The van der Waals surface area contributed by atoms with Crippen LogP contribution in [0.2, 0.25) is 0 Å². The van der Waals surface area contributed by atoms with Gasteiger partial charge in [0.1, 0.15) is 5.75 Å². The normalized spacial score (nSPS) is 17.5. The molecule has 1 atom stereocenters. The Labute approximate surface area is 146 Å². The van der Waals surface area contributed by atoms with Gasteiger partial charge in [0.25, 0.3) is 0 Å². The van der Waals surface area contributed by atoms with Crippen molar-refractivity contribution in [2.75, 3.05) is 11.9 Å². The largest absolute Gasteiger partial charge is 0.573 e. The van der Waals surface area contributed by atoms with E-state index in [0.717, 1.165) is 30.7 Å². The molecule has 3 rings (SSSR count). The summed E-state index contributed by atoms with van der Waals surface area (Å²) in [7, 11) is 0. The molecule has 0 saturated carbocycles. The highest BCUT2D eigenvalue weighted by Gasteiger charge is 2.31. The molecule has 132 valence electrons. The van der Waals surface area contributed by atoms with E-state index in [1.165, 1.54) is 18.2 Å². The minimum absolute atomic E-state index is 0. The van der Waals surface area contributed by atoms with Crippen molar-refractivity contribution in [2.45, 2.75) is 31.7 Å². The number of aromatic nitrogens is 1. The van der Waals surface area contributed by atoms with Gasteiger partial charge < -0.3 is 15.4 Å². The molecular formula is C14H15ClF3N3O2S. The van der Waals surface area contributed by atoms with Gasteiger partial charge in [-0.2, -0.15) is 0 Å². The van der Waals surface area contributed by atoms with Crippen LogP contribution in [0.3, 0.4) is 0 Å². The zero-order chi connectivity index (χ0) is 16.4. The minimum atomic E-state index is -4.73. The summed E-state index contributed by atoms with van der Waals surface area (Å²) in [6.45, 7) is 0.918. The molecule has 0 bridgehead atoms. The van der Waals surface area contributed by atoms with Gasteiger partial charge in [-0.1, -0.05) is 11.3 Å². The highest BCUT2D eigenvalue weighted by Crippen LogP contribution is 2.31. The Morgan fingerprint density at radius 2 is 2.25 bits per heavy atom. The predicted octanol–water partition coefficient (Wildman–Crippen LogP) is 3.70. The number of anilines is 1. The fourth-order valence-corrected chi connectivity index (χ4v) is 3.39. The van der Waals surface area contributed by atoms with Gasteiger partial charge in [0, 0.05) is 18.5 Å². The summed E-state index contributed by atoms with van der Waals surface area (Å²) in [6, 6.07) is 4.07. The van der Waals surface area contributed by atoms with Crippen LogP contribution >= 0.6 is 23.7 Å². The fourth-order valence-electron chi connectivity index (χ4n) is 2.48. The van der Waals surface area contributed by atoms with Gasteiger partial charge in [0.05, 0.1) is 10.2 Å². The van der Waals surface area contributed by atoms with E-state index in [0.29, 0.717) is 21.8 Å². The van der Waals surface area contributed by atoms with Gasteiger partial charge in [0.2, 0.25) is 5.91 Å². The van der Waals surface area contributed by atoms with Gasteiger partial charge in [-0.25, -0.2) is 4.98 Å². The zero-order valence-corrected chi connectivity index (χ0v) is 14.0. The van der Waals surface area contributed by atoms with E-state index in [2.05, 4.69) is 20.4 Å². The highest BCUT2D eigenvalue weighted by atomic mass is 35.5. The van der Waals surface area contributed by atoms with Gasteiger partial charge in [-0.05, 0) is 31.5 Å². The first kappa shape index (κ1) is 18.8. The summed E-state index contributed by atoms with van der Waals surface area (Å²) >= 11 is 1.11. The lowest BCUT2D eigenvalue weighted by molar-refractivity contribution is -0.274. The molecule has 0 radical (unpaired) electrons. The molecule has 1 aromatic carbocycles. The van der Waals surface area contributed by atoms with Crippen molar-refractivity contribution in [3.8, 4) is 5.75 Å². The summed E-state index contributed by atoms with van der Waals surface area (Å²) in [5.41, 5.74) is 0.513. The van der Waals surface area contributed by atoms with E-state index >= 15 is 0 Å². The summed E-state index contributed by atoms with van der Waals surface area (Å²) in [4.78, 5) is 16.1. The van der Waals surface area contributed by atoms with E-state index in [1.54, 1.807) is 0 Å². The predicted molar refractivity (Wildman–Crippen MR) is 87.8 cm³/mol. The van der Waals surface area contributed by atoms with Crippen molar-refractivity contribution >= 4 is 45.0 Å². The fraction of sp³-hybridized carbons (Fsp3) is 0.429. The van der Waals surface area contributed by atoms with Crippen molar-refractivity contribution in [1.29, 1.82) is 0 Å². The Hall–Kier alpha value is -1.58. The number of carbonyl (C=O) groups excluding carboxylic acids is 1. The topological polar surface area (TPSA) is 63.2 Å². The number of hydrogen-bond donors (Lipinski definition) is 2.